The zero-order valence-electron chi connectivity index (χ0n) is 15.6. The average Bonchev–Trinajstić information content (AvgIpc) is 2.89. The van der Waals surface area contributed by atoms with Crippen LogP contribution < -0.4 is 5.32 Å². The zero-order chi connectivity index (χ0) is 18.8. The molecule has 1 unspecified atom stereocenters. The van der Waals surface area contributed by atoms with Crippen LogP contribution in [0.2, 0.25) is 0 Å². The Hall–Kier alpha value is -2.37. The van der Waals surface area contributed by atoms with Crippen LogP contribution in [0, 0.1) is 18.7 Å². The van der Waals surface area contributed by atoms with Crippen molar-refractivity contribution in [1.82, 2.24) is 15.2 Å². The van der Waals surface area contributed by atoms with Crippen LogP contribution in [0.4, 0.5) is 4.39 Å². The molecule has 5 nitrogen and oxygen atoms in total. The highest BCUT2D eigenvalue weighted by Gasteiger charge is 2.29. The molecule has 140 valence electrons. The predicted octanol–water partition coefficient (Wildman–Crippen LogP) is 2.92. The van der Waals surface area contributed by atoms with Crippen molar-refractivity contribution in [2.24, 2.45) is 5.92 Å². The Labute approximate surface area is 152 Å². The van der Waals surface area contributed by atoms with E-state index in [-0.39, 0.29) is 36.0 Å². The molecule has 6 heteroatoms. The summed E-state index contributed by atoms with van der Waals surface area (Å²) in [7, 11) is 0. The normalized spacial score (nSPS) is 17.7. The minimum Gasteiger partial charge on any atom is -0.358 e. The molecule has 2 N–H and O–H groups in total. The third-order valence-corrected chi connectivity index (χ3v) is 4.99. The van der Waals surface area contributed by atoms with E-state index < -0.39 is 0 Å². The molecule has 2 amide bonds. The standard InChI is InChI=1S/C20H26FN3O2/c1-12(2)22-20(26)14-5-4-8-24(11-14)19(25)10-16-13(3)23-18-7-6-15(21)9-17(16)18/h6-7,9,12,14,23H,4-5,8,10-11H2,1-3H3,(H,22,26). The zero-order valence-corrected chi connectivity index (χ0v) is 15.6. The first-order valence-electron chi connectivity index (χ1n) is 9.20. The van der Waals surface area contributed by atoms with Crippen molar-refractivity contribution in [1.29, 1.82) is 0 Å². The number of aromatic amines is 1. The van der Waals surface area contributed by atoms with Crippen molar-refractivity contribution in [3.63, 3.8) is 0 Å². The molecule has 1 aromatic carbocycles. The number of nitrogens with zero attached hydrogens (tertiary/aromatic N) is 1. The van der Waals surface area contributed by atoms with E-state index in [2.05, 4.69) is 10.3 Å². The summed E-state index contributed by atoms with van der Waals surface area (Å²) in [6.45, 7) is 6.88. The van der Waals surface area contributed by atoms with Crippen molar-refractivity contribution >= 4 is 22.7 Å². The number of carbonyl (C=O) groups excluding carboxylic acids is 2. The quantitative estimate of drug-likeness (QED) is 0.882. The summed E-state index contributed by atoms with van der Waals surface area (Å²) in [5.74, 6) is -0.464. The number of aryl methyl sites for hydroxylation is 1. The maximum Gasteiger partial charge on any atom is 0.227 e. The van der Waals surface area contributed by atoms with E-state index in [0.29, 0.717) is 13.1 Å². The van der Waals surface area contributed by atoms with Gasteiger partial charge in [0.2, 0.25) is 11.8 Å². The Morgan fingerprint density at radius 2 is 2.15 bits per heavy atom. The molecule has 1 saturated heterocycles. The number of aromatic nitrogens is 1. The molecular formula is C20H26FN3O2. The van der Waals surface area contributed by atoms with Gasteiger partial charge in [-0.25, -0.2) is 4.39 Å². The number of hydrogen-bond donors (Lipinski definition) is 2. The number of amides is 2. The Balaban J connectivity index is 1.73. The van der Waals surface area contributed by atoms with Crippen molar-refractivity contribution in [2.45, 2.75) is 46.1 Å². The van der Waals surface area contributed by atoms with Crippen LogP contribution in [-0.2, 0) is 16.0 Å². The molecule has 2 heterocycles. The monoisotopic (exact) mass is 359 g/mol. The number of carbonyl (C=O) groups is 2. The predicted molar refractivity (Wildman–Crippen MR) is 99.3 cm³/mol. The van der Waals surface area contributed by atoms with Gasteiger partial charge in [-0.2, -0.15) is 0 Å². The number of fused-ring (bicyclic) bond motifs is 1. The van der Waals surface area contributed by atoms with Crippen LogP contribution >= 0.6 is 0 Å². The third-order valence-electron chi connectivity index (χ3n) is 4.99. The topological polar surface area (TPSA) is 65.2 Å². The number of benzene rings is 1. The fourth-order valence-corrected chi connectivity index (χ4v) is 3.67. The second-order valence-corrected chi connectivity index (χ2v) is 7.44. The second kappa shape index (κ2) is 7.48. The molecule has 0 spiro atoms. The van der Waals surface area contributed by atoms with Crippen LogP contribution in [0.15, 0.2) is 18.2 Å². The number of hydrogen-bond acceptors (Lipinski definition) is 2. The maximum absolute atomic E-state index is 13.6. The molecule has 2 aromatic rings. The van der Waals surface area contributed by atoms with Crippen LogP contribution in [0.3, 0.4) is 0 Å². The average molecular weight is 359 g/mol. The number of likely N-dealkylation sites (tertiary alicyclic amines) is 1. The van der Waals surface area contributed by atoms with Gasteiger partial charge in [-0.3, -0.25) is 9.59 Å². The van der Waals surface area contributed by atoms with Crippen molar-refractivity contribution in [3.05, 3.63) is 35.3 Å². The summed E-state index contributed by atoms with van der Waals surface area (Å²) < 4.78 is 13.6. The molecule has 1 aliphatic rings. The largest absolute Gasteiger partial charge is 0.358 e. The highest BCUT2D eigenvalue weighted by atomic mass is 19.1. The number of piperidine rings is 1. The minimum absolute atomic E-state index is 0.0136. The number of nitrogens with one attached hydrogen (secondary N) is 2. The molecule has 26 heavy (non-hydrogen) atoms. The molecular weight excluding hydrogens is 333 g/mol. The first-order chi connectivity index (χ1) is 12.3. The fourth-order valence-electron chi connectivity index (χ4n) is 3.67. The first-order valence-corrected chi connectivity index (χ1v) is 9.20. The van der Waals surface area contributed by atoms with Gasteiger partial charge in [0.1, 0.15) is 5.82 Å². The molecule has 1 aliphatic heterocycles. The lowest BCUT2D eigenvalue weighted by Gasteiger charge is -2.32. The van der Waals surface area contributed by atoms with E-state index in [1.807, 2.05) is 20.8 Å². The van der Waals surface area contributed by atoms with E-state index in [9.17, 15) is 14.0 Å². The van der Waals surface area contributed by atoms with E-state index >= 15 is 0 Å². The van der Waals surface area contributed by atoms with Gasteiger partial charge in [0.05, 0.1) is 12.3 Å². The van der Waals surface area contributed by atoms with E-state index in [4.69, 9.17) is 0 Å². The summed E-state index contributed by atoms with van der Waals surface area (Å²) in [6.07, 6.45) is 1.84. The first kappa shape index (κ1) is 18.4. The van der Waals surface area contributed by atoms with Gasteiger partial charge in [0, 0.05) is 35.7 Å². The van der Waals surface area contributed by atoms with Gasteiger partial charge in [0.15, 0.2) is 0 Å². The highest BCUT2D eigenvalue weighted by Crippen LogP contribution is 2.25. The van der Waals surface area contributed by atoms with Gasteiger partial charge in [-0.05, 0) is 57.4 Å². The maximum atomic E-state index is 13.6. The lowest BCUT2D eigenvalue weighted by atomic mass is 9.96. The Kier molecular flexibility index (Phi) is 5.30. The molecule has 0 radical (unpaired) electrons. The number of rotatable bonds is 4. The van der Waals surface area contributed by atoms with E-state index in [0.717, 1.165) is 35.0 Å². The fraction of sp³-hybridized carbons (Fsp3) is 0.500. The van der Waals surface area contributed by atoms with Gasteiger partial charge in [0.25, 0.3) is 0 Å². The summed E-state index contributed by atoms with van der Waals surface area (Å²) in [6, 6.07) is 4.67. The van der Waals surface area contributed by atoms with Crippen LogP contribution in [0.5, 0.6) is 0 Å². The molecule has 0 saturated carbocycles. The van der Waals surface area contributed by atoms with Gasteiger partial charge < -0.3 is 15.2 Å². The lowest BCUT2D eigenvalue weighted by Crippen LogP contribution is -2.47. The summed E-state index contributed by atoms with van der Waals surface area (Å²) >= 11 is 0. The van der Waals surface area contributed by atoms with Crippen molar-refractivity contribution in [3.8, 4) is 0 Å². The van der Waals surface area contributed by atoms with Crippen LogP contribution in [-0.4, -0.2) is 40.8 Å². The van der Waals surface area contributed by atoms with Gasteiger partial charge >= 0.3 is 0 Å². The van der Waals surface area contributed by atoms with Gasteiger partial charge in [-0.1, -0.05) is 0 Å². The molecule has 0 aliphatic carbocycles. The smallest absolute Gasteiger partial charge is 0.227 e. The van der Waals surface area contributed by atoms with E-state index in [1.165, 1.54) is 12.1 Å². The number of halogens is 1. The Bertz CT molecular complexity index is 828. The molecule has 0 bridgehead atoms. The number of H-pyrrole nitrogens is 1. The lowest BCUT2D eigenvalue weighted by molar-refractivity contribution is -0.135. The SMILES string of the molecule is Cc1[nH]c2ccc(F)cc2c1CC(=O)N1CCCC(C(=O)NC(C)C)C1. The molecule has 1 aromatic heterocycles. The molecule has 1 atom stereocenters. The summed E-state index contributed by atoms with van der Waals surface area (Å²) in [5.41, 5.74) is 2.54. The molecule has 3 rings (SSSR count). The van der Waals surface area contributed by atoms with Crippen molar-refractivity contribution in [2.75, 3.05) is 13.1 Å². The van der Waals surface area contributed by atoms with Crippen LogP contribution in [0.1, 0.15) is 37.9 Å². The summed E-state index contributed by atoms with van der Waals surface area (Å²) in [4.78, 5) is 30.1. The second-order valence-electron chi connectivity index (χ2n) is 7.44. The third kappa shape index (κ3) is 3.89. The minimum atomic E-state index is -0.311. The summed E-state index contributed by atoms with van der Waals surface area (Å²) in [5, 5.41) is 3.69. The van der Waals surface area contributed by atoms with E-state index in [1.54, 1.807) is 11.0 Å². The highest BCUT2D eigenvalue weighted by molar-refractivity contribution is 5.90. The van der Waals surface area contributed by atoms with Crippen LogP contribution in [0.25, 0.3) is 10.9 Å². The Morgan fingerprint density at radius 3 is 2.88 bits per heavy atom. The molecule has 1 fully saturated rings. The Morgan fingerprint density at radius 1 is 1.38 bits per heavy atom. The van der Waals surface area contributed by atoms with Gasteiger partial charge in [-0.15, -0.1) is 0 Å². The van der Waals surface area contributed by atoms with Crippen molar-refractivity contribution < 1.29 is 14.0 Å².